The molecule has 1 aliphatic rings. The summed E-state index contributed by atoms with van der Waals surface area (Å²) in [6, 6.07) is 9.52. The van der Waals surface area contributed by atoms with Gasteiger partial charge in [0.15, 0.2) is 6.04 Å². The van der Waals surface area contributed by atoms with Crippen LogP contribution in [0.3, 0.4) is 0 Å². The first-order chi connectivity index (χ1) is 35.5. The van der Waals surface area contributed by atoms with Crippen LogP contribution in [-0.4, -0.2) is 150 Å². The number of phenols is 1. The van der Waals surface area contributed by atoms with Crippen molar-refractivity contribution < 1.29 is 58.8 Å². The van der Waals surface area contributed by atoms with E-state index in [1.54, 1.807) is 36.5 Å². The molecule has 1 aromatic heterocycles. The van der Waals surface area contributed by atoms with Crippen LogP contribution in [0.1, 0.15) is 62.8 Å². The molecule has 0 spiro atoms. The summed E-state index contributed by atoms with van der Waals surface area (Å²) in [5, 5.41) is 62.1. The maximum atomic E-state index is 14.7. The number of thiol groups is 2. The fraction of sp³-hybridized carbons (Fsp3) is 0.451. The first-order valence-electron chi connectivity index (χ1n) is 24.4. The van der Waals surface area contributed by atoms with Crippen molar-refractivity contribution in [1.29, 1.82) is 0 Å². The number of aromatic amines is 1. The quantitative estimate of drug-likeness (QED) is 0.0335. The van der Waals surface area contributed by atoms with Gasteiger partial charge in [-0.3, -0.25) is 33.6 Å². The van der Waals surface area contributed by atoms with Crippen LogP contribution < -0.4 is 48.3 Å². The largest absolute Gasteiger partial charge is 0.508 e. The molecule has 5 rings (SSSR count). The van der Waals surface area contributed by atoms with Crippen molar-refractivity contribution in [3.63, 3.8) is 0 Å². The molecule has 4 aromatic rings. The van der Waals surface area contributed by atoms with Crippen molar-refractivity contribution >= 4 is 83.5 Å². The highest BCUT2D eigenvalue weighted by molar-refractivity contribution is 7.81. The summed E-state index contributed by atoms with van der Waals surface area (Å²) in [5.41, 5.74) is 9.69. The number of aliphatic carboxylic acids is 1. The number of H-pyrrole nitrogens is 1. The molecule has 0 saturated heterocycles. The number of hydrogen-bond donors (Lipinski definition) is 16. The van der Waals surface area contributed by atoms with Gasteiger partial charge < -0.3 is 73.7 Å². The SMILES string of the molecule is C[C@@H](O)[C@H](NC(=O)[C@@H](NC(=O)[C@@H](NC(=O)[C@H](CCCN)NC(=O)[C@H](Cc1c[nH]c2ccccc12)NC(=O)[C@H](Cc1ccc(O)cc1)NC(=O)[C@H](CS)NC(=O)[C@@H]1Cc2ccccc2CN1)[C@@H](C)O)C(C)(C)S)C(=O)O. The molecule has 0 aliphatic carbocycles. The molecule has 3 aromatic carbocycles. The van der Waals surface area contributed by atoms with E-state index in [1.165, 1.54) is 32.9 Å². The van der Waals surface area contributed by atoms with E-state index in [0.717, 1.165) is 23.6 Å². The van der Waals surface area contributed by atoms with E-state index in [2.05, 4.69) is 72.8 Å². The van der Waals surface area contributed by atoms with Crippen LogP contribution in [-0.2, 0) is 64.2 Å². The van der Waals surface area contributed by atoms with Crippen LogP contribution in [0.15, 0.2) is 79.0 Å². The first kappa shape index (κ1) is 59.2. The Morgan fingerprint density at radius 2 is 1.25 bits per heavy atom. The van der Waals surface area contributed by atoms with Crippen LogP contribution in [0.5, 0.6) is 5.75 Å². The Balaban J connectivity index is 1.40. The average molecular weight is 1080 g/mol. The van der Waals surface area contributed by atoms with Crippen molar-refractivity contribution in [2.75, 3.05) is 12.3 Å². The van der Waals surface area contributed by atoms with E-state index in [4.69, 9.17) is 5.73 Å². The van der Waals surface area contributed by atoms with Crippen LogP contribution in [0, 0.1) is 0 Å². The lowest BCUT2D eigenvalue weighted by Crippen LogP contribution is -2.64. The molecule has 0 saturated carbocycles. The number of phenolic OH excluding ortho intramolecular Hbond substituents is 1. The van der Waals surface area contributed by atoms with Crippen molar-refractivity contribution in [2.24, 2.45) is 5.73 Å². The van der Waals surface area contributed by atoms with Gasteiger partial charge in [0.25, 0.3) is 0 Å². The second kappa shape index (κ2) is 27.2. The van der Waals surface area contributed by atoms with Crippen LogP contribution in [0.4, 0.5) is 0 Å². The summed E-state index contributed by atoms with van der Waals surface area (Å²) in [4.78, 5) is 113. The fourth-order valence-corrected chi connectivity index (χ4v) is 8.84. The molecule has 1 aliphatic heterocycles. The standard InChI is InChI=1S/C51H68N10O12S2/c1-26(62)40(48(70)61-42(51(3,4)75)49(71)60-41(27(2)63)50(72)73)59-43(65)35(14-9-19-52)55-46(68)38(22-31-24-53-34-13-8-7-12-33(31)34)57-45(67)37(20-28-15-17-32(64)18-16-28)56-47(69)39(25-74)58-44(66)36-21-29-10-5-6-11-30(29)23-54-36/h5-8,10-13,15-18,24,26-27,35-42,53-54,62-64,74-75H,9,14,19-23,25,52H2,1-4H3,(H,55,68)(H,56,69)(H,57,67)(H,58,66)(H,59,65)(H,60,71)(H,61,70)(H,72,73)/t26-,27-,35+,36+,37+,38+,39+,40+,41+,42-/m1/s1. The maximum absolute atomic E-state index is 14.7. The minimum absolute atomic E-state index is 0.0533. The molecule has 0 bridgehead atoms. The molecular weight excluding hydrogens is 1010 g/mol. The molecule has 2 heterocycles. The highest BCUT2D eigenvalue weighted by Crippen LogP contribution is 2.22. The van der Waals surface area contributed by atoms with Gasteiger partial charge in [0.2, 0.25) is 41.4 Å². The molecule has 0 fully saturated rings. The molecule has 0 radical (unpaired) electrons. The number of aromatic hydroxyl groups is 1. The number of para-hydroxylation sites is 1. The summed E-state index contributed by atoms with van der Waals surface area (Å²) in [6.45, 7) is 5.71. The number of carbonyl (C=O) groups is 8. The van der Waals surface area contributed by atoms with E-state index in [0.29, 0.717) is 29.5 Å². The Bertz CT molecular complexity index is 2660. The zero-order valence-electron chi connectivity index (χ0n) is 42.0. The van der Waals surface area contributed by atoms with Gasteiger partial charge >= 0.3 is 5.97 Å². The number of hydrogen-bond acceptors (Lipinski definition) is 15. The summed E-state index contributed by atoms with van der Waals surface area (Å²) >= 11 is 8.77. The smallest absolute Gasteiger partial charge is 0.328 e. The van der Waals surface area contributed by atoms with Gasteiger partial charge in [-0.2, -0.15) is 25.3 Å². The maximum Gasteiger partial charge on any atom is 0.328 e. The number of nitrogens with two attached hydrogens (primary N) is 1. The predicted octanol–water partition coefficient (Wildman–Crippen LogP) is -1.01. The average Bonchev–Trinajstić information content (AvgIpc) is 3.78. The van der Waals surface area contributed by atoms with Crippen LogP contribution in [0.25, 0.3) is 10.9 Å². The Labute approximate surface area is 444 Å². The zero-order valence-corrected chi connectivity index (χ0v) is 43.8. The van der Waals surface area contributed by atoms with Crippen LogP contribution in [0.2, 0.25) is 0 Å². The highest BCUT2D eigenvalue weighted by atomic mass is 32.1. The molecule has 10 atom stereocenters. The number of aromatic nitrogens is 1. The lowest BCUT2D eigenvalue weighted by molar-refractivity contribution is -0.145. The molecule has 7 amide bonds. The van der Waals surface area contributed by atoms with E-state index >= 15 is 0 Å². The van der Waals surface area contributed by atoms with Gasteiger partial charge in [0, 0.05) is 47.0 Å². The van der Waals surface area contributed by atoms with Crippen molar-refractivity contribution in [3.05, 3.63) is 101 Å². The molecule has 15 N–H and O–H groups in total. The lowest BCUT2D eigenvalue weighted by Gasteiger charge is -2.33. The summed E-state index contributed by atoms with van der Waals surface area (Å²) in [5.74, 6) is -7.78. The van der Waals surface area contributed by atoms with Gasteiger partial charge in [0.05, 0.1) is 18.2 Å². The molecule has 22 nitrogen and oxygen atoms in total. The number of rotatable bonds is 26. The van der Waals surface area contributed by atoms with Gasteiger partial charge in [0.1, 0.15) is 42.0 Å². The lowest BCUT2D eigenvalue weighted by atomic mass is 9.95. The number of carboxylic acids is 1. The third-order valence-corrected chi connectivity index (χ3v) is 13.3. The zero-order chi connectivity index (χ0) is 55.1. The minimum atomic E-state index is -1.76. The summed E-state index contributed by atoms with van der Waals surface area (Å²) in [7, 11) is 0. The topological polar surface area (TPSA) is 356 Å². The Morgan fingerprint density at radius 3 is 1.85 bits per heavy atom. The second-order valence-electron chi connectivity index (χ2n) is 19.1. The number of nitrogens with one attached hydrogen (secondary N) is 9. The number of aliphatic hydroxyl groups excluding tert-OH is 2. The monoisotopic (exact) mass is 1080 g/mol. The number of fused-ring (bicyclic) bond motifs is 2. The number of aliphatic hydroxyl groups is 2. The Kier molecular flexibility index (Phi) is 21.5. The summed E-state index contributed by atoms with van der Waals surface area (Å²) in [6.07, 6.45) is -1.34. The van der Waals surface area contributed by atoms with E-state index in [-0.39, 0.29) is 43.7 Å². The normalized spacial score (nSPS) is 16.9. The number of carbonyl (C=O) groups excluding carboxylic acids is 7. The predicted molar refractivity (Wildman–Crippen MR) is 284 cm³/mol. The highest BCUT2D eigenvalue weighted by Gasteiger charge is 2.40. The van der Waals surface area contributed by atoms with Gasteiger partial charge in [-0.25, -0.2) is 4.79 Å². The first-order valence-corrected chi connectivity index (χ1v) is 25.5. The number of carboxylic acid groups (broad SMARTS) is 1. The van der Waals surface area contributed by atoms with Crippen LogP contribution >= 0.6 is 25.3 Å². The third-order valence-electron chi connectivity index (χ3n) is 12.6. The molecule has 24 heteroatoms. The van der Waals surface area contributed by atoms with Gasteiger partial charge in [-0.05, 0) is 94.0 Å². The Morgan fingerprint density at radius 1 is 0.693 bits per heavy atom. The van der Waals surface area contributed by atoms with E-state index in [9.17, 15) is 58.8 Å². The summed E-state index contributed by atoms with van der Waals surface area (Å²) < 4.78 is -1.37. The molecular formula is C51H68N10O12S2. The molecule has 0 unspecified atom stereocenters. The Hall–Kier alpha value is -6.70. The van der Waals surface area contributed by atoms with E-state index in [1.807, 2.05) is 30.3 Å². The molecule has 406 valence electrons. The second-order valence-corrected chi connectivity index (χ2v) is 20.6. The van der Waals surface area contributed by atoms with Crippen molar-refractivity contribution in [2.45, 2.75) is 132 Å². The number of amides is 7. The van der Waals surface area contributed by atoms with Gasteiger partial charge in [-0.15, -0.1) is 0 Å². The van der Waals surface area contributed by atoms with Crippen molar-refractivity contribution in [3.8, 4) is 5.75 Å². The molecule has 75 heavy (non-hydrogen) atoms. The minimum Gasteiger partial charge on any atom is -0.508 e. The fourth-order valence-electron chi connectivity index (χ4n) is 8.40. The third kappa shape index (κ3) is 16.6. The van der Waals surface area contributed by atoms with Crippen molar-refractivity contribution in [1.82, 2.24) is 47.5 Å². The van der Waals surface area contributed by atoms with Gasteiger partial charge in [-0.1, -0.05) is 54.6 Å². The number of benzene rings is 3. The van der Waals surface area contributed by atoms with E-state index < -0.39 is 113 Å².